The maximum Gasteiger partial charge on any atom is 0.161 e. The second-order valence-corrected chi connectivity index (χ2v) is 13.1. The van der Waals surface area contributed by atoms with Crippen LogP contribution in [0.15, 0.2) is 107 Å². The van der Waals surface area contributed by atoms with Gasteiger partial charge in [0.15, 0.2) is 11.5 Å². The molecule has 1 aliphatic rings. The van der Waals surface area contributed by atoms with E-state index in [1.807, 2.05) is 60.7 Å². The van der Waals surface area contributed by atoms with Crippen LogP contribution in [0.1, 0.15) is 22.3 Å². The van der Waals surface area contributed by atoms with Crippen molar-refractivity contribution >= 4 is 23.8 Å². The zero-order valence-corrected chi connectivity index (χ0v) is 33.7. The van der Waals surface area contributed by atoms with Crippen molar-refractivity contribution in [1.29, 1.82) is 0 Å². The maximum atomic E-state index is 10.2. The minimum atomic E-state index is 0.101. The molecule has 0 aromatic heterocycles. The third kappa shape index (κ3) is 13.6. The molecule has 0 unspecified atom stereocenters. The number of aliphatic imine (C=N–C) groups is 2. The first-order valence-electron chi connectivity index (χ1n) is 19.5. The summed E-state index contributed by atoms with van der Waals surface area (Å²) in [5.74, 6) is 3.73. The molecule has 1 aliphatic heterocycles. The molecule has 0 aliphatic carbocycles. The molecule has 0 atom stereocenters. The van der Waals surface area contributed by atoms with Crippen LogP contribution in [-0.4, -0.2) is 103 Å². The second kappa shape index (κ2) is 23.3. The van der Waals surface area contributed by atoms with E-state index in [4.69, 9.17) is 47.4 Å². The molecule has 6 rings (SSSR count). The molecule has 316 valence electrons. The number of fused-ring (bicyclic) bond motifs is 1. The highest BCUT2D eigenvalue weighted by molar-refractivity contribution is 5.86. The molecule has 14 heteroatoms. The largest absolute Gasteiger partial charge is 0.507 e. The fourth-order valence-corrected chi connectivity index (χ4v) is 5.71. The molecule has 0 bridgehead atoms. The molecule has 5 aromatic carbocycles. The lowest BCUT2D eigenvalue weighted by Crippen LogP contribution is -2.16. The van der Waals surface area contributed by atoms with Crippen molar-refractivity contribution in [3.05, 3.63) is 119 Å². The zero-order valence-electron chi connectivity index (χ0n) is 33.7. The Hall–Kier alpha value is -6.32. The Morgan fingerprint density at radius 1 is 0.467 bits per heavy atom. The average Bonchev–Trinajstić information content (AvgIpc) is 3.27. The summed E-state index contributed by atoms with van der Waals surface area (Å²) >= 11 is 0. The van der Waals surface area contributed by atoms with Gasteiger partial charge in [-0.15, -0.1) is 0 Å². The van der Waals surface area contributed by atoms with Crippen molar-refractivity contribution < 1.29 is 57.6 Å². The van der Waals surface area contributed by atoms with E-state index in [0.717, 1.165) is 11.1 Å². The fourth-order valence-electron chi connectivity index (χ4n) is 5.71. The number of phenolic OH excluding ortho intramolecular Hbond substituents is 2. The Morgan fingerprint density at radius 2 is 0.817 bits per heavy atom. The van der Waals surface area contributed by atoms with E-state index in [2.05, 4.69) is 9.98 Å². The predicted molar refractivity (Wildman–Crippen MR) is 226 cm³/mol. The van der Waals surface area contributed by atoms with E-state index in [1.54, 1.807) is 63.0 Å². The Bertz CT molecular complexity index is 1990. The van der Waals surface area contributed by atoms with Gasteiger partial charge in [-0.25, -0.2) is 0 Å². The van der Waals surface area contributed by atoms with Gasteiger partial charge in [-0.3, -0.25) is 9.98 Å². The van der Waals surface area contributed by atoms with E-state index in [0.29, 0.717) is 110 Å². The predicted octanol–water partition coefficient (Wildman–Crippen LogP) is 7.61. The number of benzene rings is 5. The van der Waals surface area contributed by atoms with Gasteiger partial charge in [0.2, 0.25) is 0 Å². The van der Waals surface area contributed by atoms with Gasteiger partial charge in [-0.1, -0.05) is 0 Å². The number of aromatic hydroxyl groups is 2. The quantitative estimate of drug-likeness (QED) is 0.119. The fraction of sp³-hybridized carbons (Fsp3) is 0.304. The van der Waals surface area contributed by atoms with Crippen molar-refractivity contribution in [2.45, 2.75) is 13.2 Å². The van der Waals surface area contributed by atoms with Crippen molar-refractivity contribution in [2.24, 2.45) is 9.98 Å². The Balaban J connectivity index is 1.18. The Labute approximate surface area is 349 Å². The summed E-state index contributed by atoms with van der Waals surface area (Å²) in [6.45, 7) is 4.39. The van der Waals surface area contributed by atoms with E-state index in [9.17, 15) is 10.2 Å². The van der Waals surface area contributed by atoms with Crippen LogP contribution in [0.25, 0.3) is 0 Å². The molecule has 1 heterocycles. The number of phenols is 2. The Morgan fingerprint density at radius 3 is 1.18 bits per heavy atom. The molecule has 60 heavy (non-hydrogen) atoms. The van der Waals surface area contributed by atoms with Crippen molar-refractivity contribution in [3.8, 4) is 46.0 Å². The first-order chi connectivity index (χ1) is 29.5. The van der Waals surface area contributed by atoms with Crippen LogP contribution in [0.3, 0.4) is 0 Å². The number of methoxy groups -OCH3 is 2. The van der Waals surface area contributed by atoms with Gasteiger partial charge in [0.25, 0.3) is 0 Å². The lowest BCUT2D eigenvalue weighted by Gasteiger charge is -2.19. The molecule has 14 nitrogen and oxygen atoms in total. The summed E-state index contributed by atoms with van der Waals surface area (Å²) in [5, 5.41) is 20.5. The van der Waals surface area contributed by atoms with Crippen molar-refractivity contribution in [2.75, 3.05) is 80.3 Å². The SMILES string of the molecule is COc1ccc(O)c(C=Nc2ccc(OCc3cc4c(cc3COc3ccc(N=Cc5cc(OC)ccc5O)cc3)OCCOCCOCCOCCOCCO4)cc2)c1. The molecule has 2 N–H and O–H groups in total. The summed E-state index contributed by atoms with van der Waals surface area (Å²) in [5.41, 5.74) is 4.05. The maximum absolute atomic E-state index is 10.2. The van der Waals surface area contributed by atoms with Crippen LogP contribution in [0.2, 0.25) is 0 Å². The standard InChI is InChI=1S/C46H50N2O12/c1-51-41-11-13-43(49)33(25-41)29-47-37-3-7-39(8-4-37)59-31-35-27-45-46(58-24-22-56-20-18-54-16-15-53-17-19-55-21-23-57-45)28-36(35)32-60-40-9-5-38(6-10-40)48-30-34-26-42(52-2)12-14-44(34)50/h3-14,25-30,49-50H,15-24,31-32H2,1-2H3. The van der Waals surface area contributed by atoms with E-state index >= 15 is 0 Å². The molecule has 0 amide bonds. The minimum Gasteiger partial charge on any atom is -0.507 e. The molecule has 0 saturated carbocycles. The molecule has 0 spiro atoms. The summed E-state index contributed by atoms with van der Waals surface area (Å²) in [7, 11) is 3.14. The van der Waals surface area contributed by atoms with Crippen LogP contribution in [0.4, 0.5) is 11.4 Å². The number of hydrogen-bond acceptors (Lipinski definition) is 14. The second-order valence-electron chi connectivity index (χ2n) is 13.1. The van der Waals surface area contributed by atoms with E-state index in [1.165, 1.54) is 0 Å². The summed E-state index contributed by atoms with van der Waals surface area (Å²) in [4.78, 5) is 9.00. The molecule has 0 saturated heterocycles. The van der Waals surface area contributed by atoms with Gasteiger partial charge in [-0.05, 0) is 108 Å². The summed E-state index contributed by atoms with van der Waals surface area (Å²) < 4.78 is 58.1. The lowest BCUT2D eigenvalue weighted by molar-refractivity contribution is -0.00843. The third-order valence-corrected chi connectivity index (χ3v) is 8.99. The van der Waals surface area contributed by atoms with Crippen LogP contribution >= 0.6 is 0 Å². The monoisotopic (exact) mass is 822 g/mol. The average molecular weight is 823 g/mol. The number of nitrogens with zero attached hydrogens (tertiary/aromatic N) is 2. The zero-order chi connectivity index (χ0) is 41.8. The first kappa shape index (κ1) is 43.3. The molecule has 5 aromatic rings. The van der Waals surface area contributed by atoms with Gasteiger partial charge >= 0.3 is 0 Å². The molecular formula is C46H50N2O12. The lowest BCUT2D eigenvalue weighted by atomic mass is 10.1. The molecular weight excluding hydrogens is 773 g/mol. The van der Waals surface area contributed by atoms with Gasteiger partial charge in [0.05, 0.1) is 78.4 Å². The summed E-state index contributed by atoms with van der Waals surface area (Å²) in [6.07, 6.45) is 3.16. The molecule has 0 fully saturated rings. The van der Waals surface area contributed by atoms with Crippen LogP contribution in [0.5, 0.6) is 46.0 Å². The highest BCUT2D eigenvalue weighted by Gasteiger charge is 2.15. The summed E-state index contributed by atoms with van der Waals surface area (Å²) in [6, 6.07) is 28.3. The van der Waals surface area contributed by atoms with Gasteiger partial charge in [0, 0.05) is 23.6 Å². The van der Waals surface area contributed by atoms with Gasteiger partial charge < -0.3 is 57.6 Å². The topological polar surface area (TPSA) is 157 Å². The van der Waals surface area contributed by atoms with Crippen LogP contribution in [-0.2, 0) is 32.2 Å². The van der Waals surface area contributed by atoms with Crippen LogP contribution in [0, 0.1) is 0 Å². The van der Waals surface area contributed by atoms with Crippen LogP contribution < -0.4 is 28.4 Å². The number of ether oxygens (including phenoxy) is 10. The number of rotatable bonds is 12. The minimum absolute atomic E-state index is 0.101. The van der Waals surface area contributed by atoms with Gasteiger partial charge in [-0.2, -0.15) is 0 Å². The normalized spacial score (nSPS) is 14.6. The third-order valence-electron chi connectivity index (χ3n) is 8.99. The van der Waals surface area contributed by atoms with E-state index in [-0.39, 0.29) is 37.9 Å². The first-order valence-corrected chi connectivity index (χ1v) is 19.5. The highest BCUT2D eigenvalue weighted by atomic mass is 16.6. The smallest absolute Gasteiger partial charge is 0.161 e. The van der Waals surface area contributed by atoms with E-state index < -0.39 is 0 Å². The van der Waals surface area contributed by atoms with Crippen molar-refractivity contribution in [1.82, 2.24) is 0 Å². The van der Waals surface area contributed by atoms with Gasteiger partial charge in [0.1, 0.15) is 60.9 Å². The van der Waals surface area contributed by atoms with Crippen molar-refractivity contribution in [3.63, 3.8) is 0 Å². The number of hydrogen-bond donors (Lipinski definition) is 2. The Kier molecular flexibility index (Phi) is 16.8. The molecule has 0 radical (unpaired) electrons. The highest BCUT2D eigenvalue weighted by Crippen LogP contribution is 2.34.